The zero-order valence-electron chi connectivity index (χ0n) is 10.3. The maximum Gasteiger partial charge on any atom is 0.293 e. The molecule has 0 fully saturated rings. The van der Waals surface area contributed by atoms with Gasteiger partial charge in [-0.3, -0.25) is 9.78 Å². The van der Waals surface area contributed by atoms with Crippen LogP contribution in [0.25, 0.3) is 0 Å². The highest BCUT2D eigenvalue weighted by molar-refractivity contribution is 5.93. The predicted octanol–water partition coefficient (Wildman–Crippen LogP) is 2.65. The number of hydrogen-bond donors (Lipinski definition) is 0. The van der Waals surface area contributed by atoms with E-state index in [0.29, 0.717) is 5.69 Å². The van der Waals surface area contributed by atoms with Gasteiger partial charge >= 0.3 is 0 Å². The van der Waals surface area contributed by atoms with Crippen LogP contribution in [0, 0.1) is 0 Å². The number of nitrogens with zero attached hydrogens (tertiary/aromatic N) is 3. The molecule has 1 aromatic carbocycles. The Bertz CT molecular complexity index is 595. The van der Waals surface area contributed by atoms with Gasteiger partial charge in [0, 0.05) is 18.8 Å². The third-order valence-electron chi connectivity index (χ3n) is 3.11. The van der Waals surface area contributed by atoms with E-state index in [9.17, 15) is 4.79 Å². The summed E-state index contributed by atoms with van der Waals surface area (Å²) < 4.78 is 0. The smallest absolute Gasteiger partial charge is 0.265 e. The highest BCUT2D eigenvalue weighted by atomic mass is 16.2. The van der Waals surface area contributed by atoms with Crippen LogP contribution in [-0.4, -0.2) is 22.1 Å². The van der Waals surface area contributed by atoms with E-state index in [-0.39, 0.29) is 11.9 Å². The molecular weight excluding hydrogens is 238 g/mol. The van der Waals surface area contributed by atoms with E-state index in [2.05, 4.69) is 10.1 Å². The molecule has 4 heteroatoms. The second-order valence-corrected chi connectivity index (χ2v) is 4.32. The van der Waals surface area contributed by atoms with Gasteiger partial charge in [0.25, 0.3) is 5.91 Å². The summed E-state index contributed by atoms with van der Waals surface area (Å²) in [6.45, 7) is 0. The molecular formula is C15H13N3O. The Kier molecular flexibility index (Phi) is 3.06. The van der Waals surface area contributed by atoms with Gasteiger partial charge in [-0.25, -0.2) is 5.01 Å². The lowest BCUT2D eigenvalue weighted by molar-refractivity contribution is 0.0705. The lowest BCUT2D eigenvalue weighted by Crippen LogP contribution is -2.27. The first-order valence-corrected chi connectivity index (χ1v) is 6.18. The van der Waals surface area contributed by atoms with Crippen LogP contribution in [0.3, 0.4) is 0 Å². The van der Waals surface area contributed by atoms with E-state index < -0.39 is 0 Å². The molecule has 3 rings (SSSR count). The number of carbonyl (C=O) groups is 1. The van der Waals surface area contributed by atoms with Gasteiger partial charge < -0.3 is 0 Å². The van der Waals surface area contributed by atoms with Crippen molar-refractivity contribution < 1.29 is 4.79 Å². The lowest BCUT2D eigenvalue weighted by Gasteiger charge is -2.21. The fraction of sp³-hybridized carbons (Fsp3) is 0.133. The maximum absolute atomic E-state index is 12.4. The SMILES string of the molecule is O=C(c1ccccn1)N1N=CCC1c1ccccc1. The number of hydrogen-bond acceptors (Lipinski definition) is 3. The number of hydrazone groups is 1. The van der Waals surface area contributed by atoms with Gasteiger partial charge in [-0.15, -0.1) is 0 Å². The average Bonchev–Trinajstić information content (AvgIpc) is 2.98. The van der Waals surface area contributed by atoms with E-state index in [4.69, 9.17) is 0 Å². The minimum atomic E-state index is -0.164. The quantitative estimate of drug-likeness (QED) is 0.823. The van der Waals surface area contributed by atoms with Gasteiger partial charge in [0.2, 0.25) is 0 Å². The molecule has 1 unspecified atom stereocenters. The van der Waals surface area contributed by atoms with E-state index in [1.54, 1.807) is 30.6 Å². The van der Waals surface area contributed by atoms with Crippen LogP contribution in [0.15, 0.2) is 59.8 Å². The second-order valence-electron chi connectivity index (χ2n) is 4.32. The van der Waals surface area contributed by atoms with Crippen molar-refractivity contribution in [1.82, 2.24) is 9.99 Å². The van der Waals surface area contributed by atoms with E-state index in [1.807, 2.05) is 30.3 Å². The monoisotopic (exact) mass is 251 g/mol. The Balaban J connectivity index is 1.88. The summed E-state index contributed by atoms with van der Waals surface area (Å²) in [6.07, 6.45) is 4.13. The Morgan fingerprint density at radius 1 is 1.11 bits per heavy atom. The summed E-state index contributed by atoms with van der Waals surface area (Å²) in [5, 5.41) is 5.70. The molecule has 0 radical (unpaired) electrons. The van der Waals surface area contributed by atoms with Gasteiger partial charge in [-0.2, -0.15) is 5.10 Å². The summed E-state index contributed by atoms with van der Waals surface area (Å²) >= 11 is 0. The van der Waals surface area contributed by atoms with E-state index in [0.717, 1.165) is 12.0 Å². The standard InChI is InChI=1S/C15H13N3O/c19-15(13-8-4-5-10-16-13)18-14(9-11-17-18)12-6-2-1-3-7-12/h1-8,10-11,14H,9H2. The summed E-state index contributed by atoms with van der Waals surface area (Å²) in [7, 11) is 0. The third-order valence-corrected chi connectivity index (χ3v) is 3.11. The van der Waals surface area contributed by atoms with Crippen LogP contribution in [0.2, 0.25) is 0 Å². The van der Waals surface area contributed by atoms with E-state index in [1.165, 1.54) is 5.01 Å². The van der Waals surface area contributed by atoms with Crippen LogP contribution in [0.4, 0.5) is 0 Å². The van der Waals surface area contributed by atoms with E-state index >= 15 is 0 Å². The molecule has 19 heavy (non-hydrogen) atoms. The van der Waals surface area contributed by atoms with Crippen LogP contribution in [0.1, 0.15) is 28.5 Å². The lowest BCUT2D eigenvalue weighted by atomic mass is 10.0. The van der Waals surface area contributed by atoms with Crippen molar-refractivity contribution in [3.8, 4) is 0 Å². The Morgan fingerprint density at radius 2 is 1.89 bits per heavy atom. The molecule has 2 aromatic rings. The predicted molar refractivity (Wildman–Crippen MR) is 72.7 cm³/mol. The van der Waals surface area contributed by atoms with Gasteiger partial charge in [0.05, 0.1) is 6.04 Å². The molecule has 0 saturated carbocycles. The Hall–Kier alpha value is -2.49. The van der Waals surface area contributed by atoms with Crippen molar-refractivity contribution in [2.24, 2.45) is 5.10 Å². The molecule has 0 aliphatic carbocycles. The molecule has 2 heterocycles. The number of carbonyl (C=O) groups excluding carboxylic acids is 1. The largest absolute Gasteiger partial charge is 0.293 e. The first kappa shape index (κ1) is 11.6. The average molecular weight is 251 g/mol. The zero-order valence-corrected chi connectivity index (χ0v) is 10.3. The topological polar surface area (TPSA) is 45.6 Å². The van der Waals surface area contributed by atoms with Crippen LogP contribution < -0.4 is 0 Å². The maximum atomic E-state index is 12.4. The van der Waals surface area contributed by atoms with Gasteiger partial charge in [0.1, 0.15) is 5.69 Å². The highest BCUT2D eigenvalue weighted by Crippen LogP contribution is 2.28. The molecule has 1 aromatic heterocycles. The van der Waals surface area contributed by atoms with Crippen LogP contribution >= 0.6 is 0 Å². The number of amides is 1. The molecule has 0 spiro atoms. The number of aromatic nitrogens is 1. The molecule has 1 aliphatic rings. The fourth-order valence-corrected chi connectivity index (χ4v) is 2.17. The van der Waals surface area contributed by atoms with Crippen LogP contribution in [-0.2, 0) is 0 Å². The number of rotatable bonds is 2. The fourth-order valence-electron chi connectivity index (χ4n) is 2.17. The first-order chi connectivity index (χ1) is 9.36. The minimum absolute atomic E-state index is 0.0318. The molecule has 0 bridgehead atoms. The number of benzene rings is 1. The molecule has 4 nitrogen and oxygen atoms in total. The van der Waals surface area contributed by atoms with Crippen molar-refractivity contribution in [2.75, 3.05) is 0 Å². The highest BCUT2D eigenvalue weighted by Gasteiger charge is 2.29. The first-order valence-electron chi connectivity index (χ1n) is 6.18. The second kappa shape index (κ2) is 5.02. The Labute approximate surface area is 111 Å². The van der Waals surface area contributed by atoms with Crippen LogP contribution in [0.5, 0.6) is 0 Å². The zero-order chi connectivity index (χ0) is 13.1. The molecule has 1 atom stereocenters. The molecule has 0 saturated heterocycles. The molecule has 0 N–H and O–H groups in total. The van der Waals surface area contributed by atoms with Crippen molar-refractivity contribution >= 4 is 12.1 Å². The summed E-state index contributed by atoms with van der Waals surface area (Å²) in [6, 6.07) is 15.2. The summed E-state index contributed by atoms with van der Waals surface area (Å²) in [5.74, 6) is -0.164. The van der Waals surface area contributed by atoms with Crippen molar-refractivity contribution in [3.63, 3.8) is 0 Å². The summed E-state index contributed by atoms with van der Waals surface area (Å²) in [5.41, 5.74) is 1.51. The Morgan fingerprint density at radius 3 is 2.63 bits per heavy atom. The molecule has 1 aliphatic heterocycles. The van der Waals surface area contributed by atoms with Crippen molar-refractivity contribution in [3.05, 3.63) is 66.0 Å². The van der Waals surface area contributed by atoms with Gasteiger partial charge in [0.15, 0.2) is 0 Å². The third kappa shape index (κ3) is 2.25. The van der Waals surface area contributed by atoms with Crippen molar-refractivity contribution in [2.45, 2.75) is 12.5 Å². The number of pyridine rings is 1. The summed E-state index contributed by atoms with van der Waals surface area (Å²) in [4.78, 5) is 16.5. The minimum Gasteiger partial charge on any atom is -0.265 e. The van der Waals surface area contributed by atoms with Gasteiger partial charge in [-0.1, -0.05) is 36.4 Å². The van der Waals surface area contributed by atoms with Gasteiger partial charge in [-0.05, 0) is 17.7 Å². The molecule has 94 valence electrons. The van der Waals surface area contributed by atoms with Crippen molar-refractivity contribution in [1.29, 1.82) is 0 Å². The molecule has 1 amide bonds. The normalized spacial score (nSPS) is 17.7.